The third-order valence-electron chi connectivity index (χ3n) is 5.25. The quantitative estimate of drug-likeness (QED) is 0.788. The molecule has 0 radical (unpaired) electrons. The maximum absolute atomic E-state index is 13.8. The lowest BCUT2D eigenvalue weighted by atomic mass is 9.96. The van der Waals surface area contributed by atoms with Gasteiger partial charge < -0.3 is 15.0 Å². The zero-order valence-corrected chi connectivity index (χ0v) is 17.2. The zero-order chi connectivity index (χ0) is 19.2. The van der Waals surface area contributed by atoms with Crippen molar-refractivity contribution in [2.75, 3.05) is 26.7 Å². The highest BCUT2D eigenvalue weighted by atomic mass is 35.5. The maximum atomic E-state index is 13.8. The fourth-order valence-electron chi connectivity index (χ4n) is 3.67. The van der Waals surface area contributed by atoms with Gasteiger partial charge in [-0.3, -0.25) is 4.79 Å². The minimum Gasteiger partial charge on any atom is -0.496 e. The Bertz CT molecular complexity index is 787. The normalized spacial score (nSPS) is 17.5. The molecule has 1 fully saturated rings. The monoisotopic (exact) mass is 406 g/mol. The Morgan fingerprint density at radius 2 is 1.96 bits per heavy atom. The summed E-state index contributed by atoms with van der Waals surface area (Å²) in [7, 11) is 1.65. The first kappa shape index (κ1) is 22.2. The third kappa shape index (κ3) is 5.03. The van der Waals surface area contributed by atoms with Crippen molar-refractivity contribution in [3.05, 3.63) is 65.5 Å². The van der Waals surface area contributed by atoms with Crippen LogP contribution in [0.4, 0.5) is 4.39 Å². The summed E-state index contributed by atoms with van der Waals surface area (Å²) in [6.45, 7) is 4.07. The number of piperazine rings is 1. The smallest absolute Gasteiger partial charge is 0.226 e. The lowest BCUT2D eigenvalue weighted by Gasteiger charge is -2.38. The van der Waals surface area contributed by atoms with Crippen molar-refractivity contribution in [3.63, 3.8) is 0 Å². The second-order valence-electron chi connectivity index (χ2n) is 7.02. The summed E-state index contributed by atoms with van der Waals surface area (Å²) in [5.74, 6) is 0.540. The van der Waals surface area contributed by atoms with Crippen LogP contribution in [-0.4, -0.2) is 37.6 Å². The number of benzene rings is 2. The summed E-state index contributed by atoms with van der Waals surface area (Å²) in [5.41, 5.74) is 1.68. The molecule has 0 aromatic heterocycles. The predicted molar refractivity (Wildman–Crippen MR) is 111 cm³/mol. The van der Waals surface area contributed by atoms with Crippen LogP contribution in [0.1, 0.15) is 30.5 Å². The van der Waals surface area contributed by atoms with Gasteiger partial charge in [-0.25, -0.2) is 4.39 Å². The van der Waals surface area contributed by atoms with Crippen LogP contribution in [0.25, 0.3) is 0 Å². The van der Waals surface area contributed by atoms with Crippen molar-refractivity contribution in [3.8, 4) is 5.75 Å². The van der Waals surface area contributed by atoms with Gasteiger partial charge in [-0.2, -0.15) is 0 Å². The summed E-state index contributed by atoms with van der Waals surface area (Å²) in [6.07, 6.45) is 1.19. The SMILES string of the molecule is COc1ccccc1C1CNCCN1C(=O)C(C)CCc1ccccc1F.Cl. The number of methoxy groups -OCH3 is 1. The van der Waals surface area contributed by atoms with Gasteiger partial charge in [-0.15, -0.1) is 12.4 Å². The summed E-state index contributed by atoms with van der Waals surface area (Å²) in [6, 6.07) is 14.6. The molecule has 1 amide bonds. The van der Waals surface area contributed by atoms with Crippen LogP contribution in [0.15, 0.2) is 48.5 Å². The molecule has 2 unspecified atom stereocenters. The second kappa shape index (κ2) is 10.4. The predicted octanol–water partition coefficient (Wildman–Crippen LogP) is 4.00. The van der Waals surface area contributed by atoms with Gasteiger partial charge in [0.1, 0.15) is 11.6 Å². The van der Waals surface area contributed by atoms with E-state index in [1.54, 1.807) is 19.2 Å². The highest BCUT2D eigenvalue weighted by Crippen LogP contribution is 2.31. The Morgan fingerprint density at radius 3 is 2.71 bits per heavy atom. The number of ether oxygens (including phenoxy) is 1. The van der Waals surface area contributed by atoms with Gasteiger partial charge in [0.05, 0.1) is 13.2 Å². The van der Waals surface area contributed by atoms with Gasteiger partial charge in [0.2, 0.25) is 5.91 Å². The summed E-state index contributed by atoms with van der Waals surface area (Å²) in [4.78, 5) is 15.1. The molecule has 28 heavy (non-hydrogen) atoms. The van der Waals surface area contributed by atoms with E-state index in [4.69, 9.17) is 4.74 Å². The first-order valence-corrected chi connectivity index (χ1v) is 9.49. The van der Waals surface area contributed by atoms with E-state index in [1.807, 2.05) is 42.2 Å². The van der Waals surface area contributed by atoms with E-state index >= 15 is 0 Å². The molecule has 0 saturated carbocycles. The molecule has 152 valence electrons. The largest absolute Gasteiger partial charge is 0.496 e. The number of para-hydroxylation sites is 1. The van der Waals surface area contributed by atoms with E-state index in [9.17, 15) is 9.18 Å². The Balaban J connectivity index is 0.00000280. The molecule has 4 nitrogen and oxygen atoms in total. The lowest BCUT2D eigenvalue weighted by molar-refractivity contribution is -0.138. The van der Waals surface area contributed by atoms with E-state index in [2.05, 4.69) is 5.32 Å². The van der Waals surface area contributed by atoms with Gasteiger partial charge in [0.15, 0.2) is 0 Å². The van der Waals surface area contributed by atoms with Crippen LogP contribution in [0.3, 0.4) is 0 Å². The molecule has 0 spiro atoms. The Kier molecular flexibility index (Phi) is 8.27. The van der Waals surface area contributed by atoms with Crippen molar-refractivity contribution < 1.29 is 13.9 Å². The molecular weight excluding hydrogens is 379 g/mol. The first-order valence-electron chi connectivity index (χ1n) is 9.49. The molecular formula is C22H28ClFN2O2. The number of nitrogens with zero attached hydrogens (tertiary/aromatic N) is 1. The molecule has 1 aliphatic rings. The fraction of sp³-hybridized carbons (Fsp3) is 0.409. The molecule has 2 aromatic rings. The van der Waals surface area contributed by atoms with E-state index in [1.165, 1.54) is 6.07 Å². The number of carbonyl (C=O) groups excluding carboxylic acids is 1. The van der Waals surface area contributed by atoms with Crippen LogP contribution in [-0.2, 0) is 11.2 Å². The number of hydrogen-bond acceptors (Lipinski definition) is 3. The van der Waals surface area contributed by atoms with Gasteiger partial charge in [-0.1, -0.05) is 43.3 Å². The van der Waals surface area contributed by atoms with Gasteiger partial charge in [0, 0.05) is 31.1 Å². The molecule has 2 atom stereocenters. The van der Waals surface area contributed by atoms with E-state index in [0.717, 1.165) is 17.9 Å². The summed E-state index contributed by atoms with van der Waals surface area (Å²) < 4.78 is 19.3. The van der Waals surface area contributed by atoms with E-state index in [-0.39, 0.29) is 36.1 Å². The number of carbonyl (C=O) groups is 1. The first-order chi connectivity index (χ1) is 13.1. The minimum atomic E-state index is -0.203. The number of nitrogens with one attached hydrogen (secondary N) is 1. The van der Waals surface area contributed by atoms with Crippen molar-refractivity contribution in [2.24, 2.45) is 5.92 Å². The van der Waals surface area contributed by atoms with Crippen LogP contribution in [0, 0.1) is 11.7 Å². The van der Waals surface area contributed by atoms with Gasteiger partial charge in [0.25, 0.3) is 0 Å². The number of halogens is 2. The van der Waals surface area contributed by atoms with Crippen molar-refractivity contribution in [2.45, 2.75) is 25.8 Å². The number of amides is 1. The van der Waals surface area contributed by atoms with Crippen LogP contribution >= 0.6 is 12.4 Å². The second-order valence-corrected chi connectivity index (χ2v) is 7.02. The molecule has 1 aliphatic heterocycles. The Morgan fingerprint density at radius 1 is 1.25 bits per heavy atom. The van der Waals surface area contributed by atoms with Crippen molar-refractivity contribution in [1.82, 2.24) is 10.2 Å². The molecule has 0 bridgehead atoms. The number of hydrogen-bond donors (Lipinski definition) is 1. The highest BCUT2D eigenvalue weighted by Gasteiger charge is 2.32. The number of aryl methyl sites for hydroxylation is 1. The maximum Gasteiger partial charge on any atom is 0.226 e. The van der Waals surface area contributed by atoms with Gasteiger partial charge >= 0.3 is 0 Å². The highest BCUT2D eigenvalue weighted by molar-refractivity contribution is 5.85. The van der Waals surface area contributed by atoms with Crippen molar-refractivity contribution in [1.29, 1.82) is 0 Å². The average molecular weight is 407 g/mol. The Hall–Kier alpha value is -2.11. The van der Waals surface area contributed by atoms with E-state index in [0.29, 0.717) is 31.5 Å². The van der Waals surface area contributed by atoms with Crippen LogP contribution in [0.5, 0.6) is 5.75 Å². The molecule has 1 N–H and O–H groups in total. The summed E-state index contributed by atoms with van der Waals surface area (Å²) >= 11 is 0. The fourth-order valence-corrected chi connectivity index (χ4v) is 3.67. The zero-order valence-electron chi connectivity index (χ0n) is 16.4. The average Bonchev–Trinajstić information content (AvgIpc) is 2.72. The molecule has 1 heterocycles. The topological polar surface area (TPSA) is 41.6 Å². The lowest BCUT2D eigenvalue weighted by Crippen LogP contribution is -2.50. The molecule has 6 heteroatoms. The standard InChI is InChI=1S/C22H27FN2O2.ClH/c1-16(11-12-17-7-3-5-9-19(17)23)22(26)25-14-13-24-15-20(25)18-8-4-6-10-21(18)27-2;/h3-10,16,20,24H,11-15H2,1-2H3;1H. The van der Waals surface area contributed by atoms with Crippen LogP contribution in [0.2, 0.25) is 0 Å². The number of rotatable bonds is 6. The van der Waals surface area contributed by atoms with Gasteiger partial charge in [-0.05, 0) is 30.5 Å². The minimum absolute atomic E-state index is 0. The molecule has 2 aromatic carbocycles. The molecule has 0 aliphatic carbocycles. The van der Waals surface area contributed by atoms with Crippen molar-refractivity contribution >= 4 is 18.3 Å². The third-order valence-corrected chi connectivity index (χ3v) is 5.25. The Labute approximate surface area is 172 Å². The van der Waals surface area contributed by atoms with E-state index < -0.39 is 0 Å². The molecule has 3 rings (SSSR count). The van der Waals surface area contributed by atoms with Crippen LogP contribution < -0.4 is 10.1 Å². The summed E-state index contributed by atoms with van der Waals surface area (Å²) in [5, 5.41) is 3.37. The molecule has 1 saturated heterocycles.